The molecule has 3 heteroatoms. The van der Waals surface area contributed by atoms with Gasteiger partial charge in [-0.25, -0.2) is 0 Å². The Morgan fingerprint density at radius 1 is 0.512 bits per heavy atom. The summed E-state index contributed by atoms with van der Waals surface area (Å²) in [5, 5.41) is 33.1. The highest BCUT2D eigenvalue weighted by molar-refractivity contribution is 5.54. The van der Waals surface area contributed by atoms with Gasteiger partial charge >= 0.3 is 0 Å². The third kappa shape index (κ3) is 6.92. The van der Waals surface area contributed by atoms with Crippen LogP contribution in [0.15, 0.2) is 36.4 Å². The van der Waals surface area contributed by atoms with Crippen molar-refractivity contribution in [3.05, 3.63) is 86.5 Å². The fourth-order valence-corrected chi connectivity index (χ4v) is 6.51. The minimum absolute atomic E-state index is 0.0462. The minimum Gasteiger partial charge on any atom is -0.508 e. The van der Waals surface area contributed by atoms with E-state index in [0.717, 1.165) is 59.1 Å². The molecule has 1 unspecified atom stereocenters. The number of phenolic OH excluding ortho intramolecular Hbond substituents is 3. The number of hydrogen-bond acceptors (Lipinski definition) is 3. The maximum absolute atomic E-state index is 11.1. The zero-order valence-corrected chi connectivity index (χ0v) is 29.3. The van der Waals surface area contributed by atoms with Crippen LogP contribution in [0.25, 0.3) is 0 Å². The average molecular weight is 587 g/mol. The van der Waals surface area contributed by atoms with Crippen molar-refractivity contribution < 1.29 is 15.3 Å². The van der Waals surface area contributed by atoms with Crippen LogP contribution in [0.5, 0.6) is 17.2 Å². The summed E-state index contributed by atoms with van der Waals surface area (Å²) in [5.74, 6) is 1.33. The predicted molar refractivity (Wildman–Crippen MR) is 183 cm³/mol. The summed E-state index contributed by atoms with van der Waals surface area (Å²) < 4.78 is 0. The van der Waals surface area contributed by atoms with E-state index in [1.807, 2.05) is 18.2 Å². The third-order valence-corrected chi connectivity index (χ3v) is 10.9. The maximum atomic E-state index is 11.1. The largest absolute Gasteiger partial charge is 0.508 e. The van der Waals surface area contributed by atoms with E-state index in [-0.39, 0.29) is 28.1 Å². The summed E-state index contributed by atoms with van der Waals surface area (Å²) in [6.07, 6.45) is 3.62. The lowest BCUT2D eigenvalue weighted by Gasteiger charge is -2.32. The highest BCUT2D eigenvalue weighted by atomic mass is 16.3. The van der Waals surface area contributed by atoms with Gasteiger partial charge < -0.3 is 15.3 Å². The molecule has 0 aromatic heterocycles. The molecule has 236 valence electrons. The van der Waals surface area contributed by atoms with Crippen LogP contribution >= 0.6 is 0 Å². The summed E-state index contributed by atoms with van der Waals surface area (Å²) in [4.78, 5) is 0. The van der Waals surface area contributed by atoms with Gasteiger partial charge in [0.25, 0.3) is 0 Å². The Morgan fingerprint density at radius 3 is 1.09 bits per heavy atom. The summed E-state index contributed by atoms with van der Waals surface area (Å²) in [7, 11) is 0. The monoisotopic (exact) mass is 586 g/mol. The second-order valence-electron chi connectivity index (χ2n) is 15.1. The van der Waals surface area contributed by atoms with Gasteiger partial charge in [-0.05, 0) is 137 Å². The van der Waals surface area contributed by atoms with Crippen molar-refractivity contribution in [2.24, 2.45) is 0 Å². The first kappa shape index (κ1) is 34.5. The van der Waals surface area contributed by atoms with Crippen molar-refractivity contribution in [1.82, 2.24) is 0 Å². The number of aromatic hydroxyl groups is 3. The molecule has 0 amide bonds. The van der Waals surface area contributed by atoms with Crippen LogP contribution < -0.4 is 0 Å². The predicted octanol–water partition coefficient (Wildman–Crippen LogP) is 11.1. The van der Waals surface area contributed by atoms with Gasteiger partial charge in [-0.3, -0.25) is 0 Å². The third-order valence-electron chi connectivity index (χ3n) is 10.9. The zero-order chi connectivity index (χ0) is 32.7. The van der Waals surface area contributed by atoms with E-state index in [9.17, 15) is 15.3 Å². The number of hydrogen-bond donors (Lipinski definition) is 3. The van der Waals surface area contributed by atoms with Crippen LogP contribution in [0.4, 0.5) is 0 Å². The van der Waals surface area contributed by atoms with Crippen LogP contribution in [-0.2, 0) is 16.2 Å². The molecule has 0 bridgehead atoms. The van der Waals surface area contributed by atoms with Gasteiger partial charge in [0, 0.05) is 5.92 Å². The lowest BCUT2D eigenvalue weighted by atomic mass is 9.72. The molecule has 1 atom stereocenters. The van der Waals surface area contributed by atoms with Crippen molar-refractivity contribution in [2.45, 2.75) is 144 Å². The van der Waals surface area contributed by atoms with E-state index in [0.29, 0.717) is 17.2 Å². The highest BCUT2D eigenvalue weighted by Gasteiger charge is 2.31. The molecule has 0 aliphatic rings. The first-order valence-corrected chi connectivity index (χ1v) is 16.3. The normalized spacial score (nSPS) is 13.5. The van der Waals surface area contributed by atoms with E-state index in [1.165, 1.54) is 16.7 Å². The Kier molecular flexibility index (Phi) is 10.1. The van der Waals surface area contributed by atoms with Gasteiger partial charge in [-0.2, -0.15) is 0 Å². The second kappa shape index (κ2) is 12.6. The van der Waals surface area contributed by atoms with Gasteiger partial charge in [0.15, 0.2) is 0 Å². The molecule has 3 nitrogen and oxygen atoms in total. The summed E-state index contributed by atoms with van der Waals surface area (Å²) in [6, 6.07) is 12.6. The molecule has 0 aliphatic heterocycles. The molecule has 0 radical (unpaired) electrons. The molecule has 43 heavy (non-hydrogen) atoms. The molecule has 0 fully saturated rings. The molecule has 3 aromatic rings. The van der Waals surface area contributed by atoms with E-state index in [2.05, 4.69) is 108 Å². The number of benzene rings is 3. The second-order valence-corrected chi connectivity index (χ2v) is 15.1. The fraction of sp³-hybridized carbons (Fsp3) is 0.550. The van der Waals surface area contributed by atoms with Gasteiger partial charge in [0.2, 0.25) is 0 Å². The van der Waals surface area contributed by atoms with E-state index < -0.39 is 0 Å². The van der Waals surface area contributed by atoms with Crippen LogP contribution in [0.1, 0.15) is 157 Å². The van der Waals surface area contributed by atoms with Crippen molar-refractivity contribution >= 4 is 0 Å². The van der Waals surface area contributed by atoms with Crippen molar-refractivity contribution in [3.63, 3.8) is 0 Å². The van der Waals surface area contributed by atoms with Crippen LogP contribution in [0, 0.1) is 20.8 Å². The van der Waals surface area contributed by atoms with E-state index >= 15 is 0 Å². The summed E-state index contributed by atoms with van der Waals surface area (Å²) in [6.45, 7) is 28.3. The number of aryl methyl sites for hydroxylation is 3. The van der Waals surface area contributed by atoms with E-state index in [4.69, 9.17) is 0 Å². The van der Waals surface area contributed by atoms with Crippen molar-refractivity contribution in [3.8, 4) is 17.2 Å². The fourth-order valence-electron chi connectivity index (χ4n) is 6.51. The zero-order valence-electron chi connectivity index (χ0n) is 29.3. The molecule has 3 N–H and O–H groups in total. The van der Waals surface area contributed by atoms with Crippen molar-refractivity contribution in [1.29, 1.82) is 0 Å². The van der Waals surface area contributed by atoms with Crippen LogP contribution in [0.3, 0.4) is 0 Å². The number of phenols is 3. The van der Waals surface area contributed by atoms with Gasteiger partial charge in [-0.1, -0.05) is 87.4 Å². The molecular weight excluding hydrogens is 528 g/mol. The van der Waals surface area contributed by atoms with Crippen molar-refractivity contribution in [2.75, 3.05) is 0 Å². The molecule has 0 saturated carbocycles. The summed E-state index contributed by atoms with van der Waals surface area (Å²) in [5.41, 5.74) is 9.44. The Labute approximate surface area is 262 Å². The molecule has 0 saturated heterocycles. The van der Waals surface area contributed by atoms with Gasteiger partial charge in [-0.15, -0.1) is 0 Å². The van der Waals surface area contributed by atoms with E-state index in [1.54, 1.807) is 0 Å². The molecular formula is C40H58O3. The van der Waals surface area contributed by atoms with Crippen LogP contribution in [-0.4, -0.2) is 15.3 Å². The average Bonchev–Trinajstić information content (AvgIpc) is 2.91. The first-order chi connectivity index (χ1) is 19.8. The molecule has 0 heterocycles. The smallest absolute Gasteiger partial charge is 0.119 e. The maximum Gasteiger partial charge on any atom is 0.119 e. The molecule has 3 rings (SSSR count). The first-order valence-electron chi connectivity index (χ1n) is 16.3. The SMILES string of the molecule is CCC(C)(C)c1cc(C(C)CC(c2cc(C(C)(C)CC)c(O)cc2C)c2cc(C(C)(C)CC)c(O)cc2C)c(C)cc1O. The minimum atomic E-state index is -0.170. The van der Waals surface area contributed by atoms with Gasteiger partial charge in [0.05, 0.1) is 0 Å². The Balaban J connectivity index is 2.32. The highest BCUT2D eigenvalue weighted by Crippen LogP contribution is 2.46. The quantitative estimate of drug-likeness (QED) is 0.209. The van der Waals surface area contributed by atoms with Crippen LogP contribution in [0.2, 0.25) is 0 Å². The Hall–Kier alpha value is -2.94. The topological polar surface area (TPSA) is 60.7 Å². The Morgan fingerprint density at radius 2 is 0.791 bits per heavy atom. The number of rotatable bonds is 11. The lowest BCUT2D eigenvalue weighted by Crippen LogP contribution is -2.19. The molecule has 0 spiro atoms. The molecule has 3 aromatic carbocycles. The standard InChI is InChI=1S/C40H58O3/c1-14-38(8,9)32-21-28(25(5)18-35(32)41)24(4)17-31(29-22-33(39(10,11)15-2)36(42)19-26(29)6)30-23-34(40(12,13)16-3)37(43)20-27(30)7/h18-24,31,41-43H,14-17H2,1-13H3. The molecule has 0 aliphatic carbocycles. The van der Waals surface area contributed by atoms with Gasteiger partial charge in [0.1, 0.15) is 17.2 Å². The Bertz CT molecular complexity index is 1390. The summed E-state index contributed by atoms with van der Waals surface area (Å²) >= 11 is 0. The lowest BCUT2D eigenvalue weighted by molar-refractivity contribution is 0.426.